The van der Waals surface area contributed by atoms with Gasteiger partial charge in [0.25, 0.3) is 0 Å². The lowest BCUT2D eigenvalue weighted by Gasteiger charge is -2.38. The molecule has 154 valence electrons. The molecule has 1 aliphatic rings. The molecule has 0 saturated heterocycles. The van der Waals surface area contributed by atoms with Crippen LogP contribution in [-0.2, 0) is 6.54 Å². The fraction of sp³-hybridized carbons (Fsp3) is 0.524. The van der Waals surface area contributed by atoms with Gasteiger partial charge < -0.3 is 15.4 Å². The van der Waals surface area contributed by atoms with Crippen LogP contribution in [0, 0.1) is 13.8 Å². The molecule has 0 aliphatic carbocycles. The van der Waals surface area contributed by atoms with Crippen molar-refractivity contribution in [2.45, 2.75) is 58.7 Å². The monoisotopic (exact) mass is 497 g/mol. The molecule has 2 aromatic rings. The molecule has 2 heterocycles. The smallest absolute Gasteiger partial charge is 0.191 e. The summed E-state index contributed by atoms with van der Waals surface area (Å²) < 4.78 is 8.18. The topological polar surface area (TPSA) is 63.5 Å². The van der Waals surface area contributed by atoms with Crippen molar-refractivity contribution in [1.82, 2.24) is 20.4 Å². The van der Waals surface area contributed by atoms with Crippen molar-refractivity contribution < 1.29 is 4.74 Å². The van der Waals surface area contributed by atoms with Crippen LogP contribution in [0.5, 0.6) is 5.75 Å². The first-order valence-corrected chi connectivity index (χ1v) is 9.64. The van der Waals surface area contributed by atoms with Crippen molar-refractivity contribution in [2.75, 3.05) is 13.6 Å². The van der Waals surface area contributed by atoms with E-state index in [-0.39, 0.29) is 35.6 Å². The first-order valence-electron chi connectivity index (χ1n) is 9.64. The van der Waals surface area contributed by atoms with Crippen LogP contribution in [0.4, 0.5) is 0 Å². The molecular formula is C21H32IN5O. The molecule has 1 aromatic carbocycles. The van der Waals surface area contributed by atoms with E-state index in [9.17, 15) is 0 Å². The summed E-state index contributed by atoms with van der Waals surface area (Å²) in [5.41, 5.74) is 3.25. The molecule has 28 heavy (non-hydrogen) atoms. The van der Waals surface area contributed by atoms with Crippen LogP contribution in [0.15, 0.2) is 35.3 Å². The van der Waals surface area contributed by atoms with Crippen molar-refractivity contribution in [3.05, 3.63) is 47.3 Å². The van der Waals surface area contributed by atoms with Crippen LogP contribution in [0.3, 0.4) is 0 Å². The summed E-state index contributed by atoms with van der Waals surface area (Å²) in [7, 11) is 1.81. The molecule has 6 nitrogen and oxygen atoms in total. The molecule has 1 aliphatic heterocycles. The number of ether oxygens (including phenoxy) is 1. The maximum Gasteiger partial charge on any atom is 0.191 e. The Kier molecular flexibility index (Phi) is 7.74. The Labute approximate surface area is 185 Å². The number of nitrogens with zero attached hydrogens (tertiary/aromatic N) is 3. The Balaban J connectivity index is 0.00000280. The molecule has 0 fully saturated rings. The number of nitrogens with one attached hydrogen (secondary N) is 2. The SMILES string of the molecule is CN=C(NCCCn1nc(C)cc1C)NC1CC(C)(C)Oc2ccccc21.I. The number of halogens is 1. The number of aliphatic imine (C=N–C) groups is 1. The lowest BCUT2D eigenvalue weighted by Crippen LogP contribution is -2.45. The average molecular weight is 497 g/mol. The van der Waals surface area contributed by atoms with Gasteiger partial charge in [0.05, 0.1) is 11.7 Å². The molecule has 0 bridgehead atoms. The minimum Gasteiger partial charge on any atom is -0.487 e. The molecule has 0 radical (unpaired) electrons. The van der Waals surface area contributed by atoms with Gasteiger partial charge in [0, 0.05) is 37.8 Å². The number of hydrogen-bond acceptors (Lipinski definition) is 3. The molecule has 1 aromatic heterocycles. The van der Waals surface area contributed by atoms with Crippen molar-refractivity contribution >= 4 is 29.9 Å². The van der Waals surface area contributed by atoms with E-state index < -0.39 is 0 Å². The third-order valence-corrected chi connectivity index (χ3v) is 4.85. The molecule has 1 atom stereocenters. The molecular weight excluding hydrogens is 465 g/mol. The second kappa shape index (κ2) is 9.62. The Morgan fingerprint density at radius 2 is 2.07 bits per heavy atom. The molecule has 7 heteroatoms. The molecule has 1 unspecified atom stereocenters. The summed E-state index contributed by atoms with van der Waals surface area (Å²) in [4.78, 5) is 4.40. The first-order chi connectivity index (χ1) is 12.9. The third kappa shape index (κ3) is 5.62. The summed E-state index contributed by atoms with van der Waals surface area (Å²) >= 11 is 0. The van der Waals surface area contributed by atoms with Crippen molar-refractivity contribution in [1.29, 1.82) is 0 Å². The number of para-hydroxylation sites is 1. The van der Waals surface area contributed by atoms with Gasteiger partial charge in [0.1, 0.15) is 11.4 Å². The van der Waals surface area contributed by atoms with Crippen LogP contribution in [-0.4, -0.2) is 34.9 Å². The van der Waals surface area contributed by atoms with E-state index in [1.54, 1.807) is 0 Å². The number of aromatic nitrogens is 2. The summed E-state index contributed by atoms with van der Waals surface area (Å²) in [6.07, 6.45) is 1.87. The number of fused-ring (bicyclic) bond motifs is 1. The lowest BCUT2D eigenvalue weighted by molar-refractivity contribution is 0.0694. The van der Waals surface area contributed by atoms with Crippen molar-refractivity contribution in [2.24, 2.45) is 4.99 Å². The largest absolute Gasteiger partial charge is 0.487 e. The Morgan fingerprint density at radius 1 is 1.32 bits per heavy atom. The van der Waals surface area contributed by atoms with E-state index >= 15 is 0 Å². The number of guanidine groups is 1. The molecule has 0 amide bonds. The first kappa shape index (κ1) is 22.5. The fourth-order valence-corrected chi connectivity index (χ4v) is 3.63. The Hall–Kier alpha value is -1.77. The van der Waals surface area contributed by atoms with Gasteiger partial charge in [-0.15, -0.1) is 24.0 Å². The zero-order valence-corrected chi connectivity index (χ0v) is 19.8. The lowest BCUT2D eigenvalue weighted by atomic mass is 9.90. The zero-order valence-electron chi connectivity index (χ0n) is 17.5. The zero-order chi connectivity index (χ0) is 19.4. The van der Waals surface area contributed by atoms with Crippen molar-refractivity contribution in [3.63, 3.8) is 0 Å². The number of hydrogen-bond donors (Lipinski definition) is 2. The Bertz CT molecular complexity index is 815. The van der Waals surface area contributed by atoms with Gasteiger partial charge in [0.2, 0.25) is 0 Å². The van der Waals surface area contributed by atoms with Crippen LogP contribution in [0.1, 0.15) is 49.7 Å². The Morgan fingerprint density at radius 3 is 2.75 bits per heavy atom. The highest BCUT2D eigenvalue weighted by atomic mass is 127. The van der Waals surface area contributed by atoms with E-state index in [1.165, 1.54) is 11.3 Å². The van der Waals surface area contributed by atoms with E-state index in [2.05, 4.69) is 64.4 Å². The third-order valence-electron chi connectivity index (χ3n) is 4.85. The van der Waals surface area contributed by atoms with Gasteiger partial charge in [-0.25, -0.2) is 0 Å². The van der Waals surface area contributed by atoms with Gasteiger partial charge in [-0.1, -0.05) is 18.2 Å². The van der Waals surface area contributed by atoms with Crippen LogP contribution >= 0.6 is 24.0 Å². The fourth-order valence-electron chi connectivity index (χ4n) is 3.63. The minimum atomic E-state index is -0.208. The van der Waals surface area contributed by atoms with Crippen molar-refractivity contribution in [3.8, 4) is 5.75 Å². The van der Waals surface area contributed by atoms with Gasteiger partial charge in [-0.05, 0) is 46.2 Å². The number of rotatable bonds is 5. The normalized spacial score (nSPS) is 17.9. The van der Waals surface area contributed by atoms with E-state index in [4.69, 9.17) is 4.74 Å². The predicted octanol–water partition coefficient (Wildman–Crippen LogP) is 3.98. The molecule has 0 spiro atoms. The van der Waals surface area contributed by atoms with Gasteiger partial charge in [0.15, 0.2) is 5.96 Å². The second-order valence-corrected chi connectivity index (χ2v) is 7.80. The van der Waals surface area contributed by atoms with Crippen LogP contribution in [0.2, 0.25) is 0 Å². The molecule has 2 N–H and O–H groups in total. The van der Waals surface area contributed by atoms with E-state index in [0.29, 0.717) is 0 Å². The number of aryl methyl sites for hydroxylation is 3. The highest BCUT2D eigenvalue weighted by molar-refractivity contribution is 14.0. The van der Waals surface area contributed by atoms with Gasteiger partial charge in [-0.2, -0.15) is 5.10 Å². The predicted molar refractivity (Wildman–Crippen MR) is 125 cm³/mol. The van der Waals surface area contributed by atoms with Gasteiger partial charge >= 0.3 is 0 Å². The maximum atomic E-state index is 6.12. The maximum absolute atomic E-state index is 6.12. The van der Waals surface area contributed by atoms with Crippen LogP contribution in [0.25, 0.3) is 0 Å². The quantitative estimate of drug-likeness (QED) is 0.284. The highest BCUT2D eigenvalue weighted by Crippen LogP contribution is 2.39. The minimum absolute atomic E-state index is 0. The molecule has 0 saturated carbocycles. The summed E-state index contributed by atoms with van der Waals surface area (Å²) in [6, 6.07) is 10.5. The summed E-state index contributed by atoms with van der Waals surface area (Å²) in [5, 5.41) is 11.5. The highest BCUT2D eigenvalue weighted by Gasteiger charge is 2.33. The van der Waals surface area contributed by atoms with Gasteiger partial charge in [-0.3, -0.25) is 9.67 Å². The average Bonchev–Trinajstić information content (AvgIpc) is 2.93. The van der Waals surface area contributed by atoms with E-state index in [0.717, 1.165) is 43.3 Å². The second-order valence-electron chi connectivity index (χ2n) is 7.80. The standard InChI is InChI=1S/C21H31N5O.HI/c1-15-13-16(2)26(25-15)12-8-11-23-20(22-5)24-18-14-21(3,4)27-19-10-7-6-9-17(18)19;/h6-7,9-10,13,18H,8,11-12,14H2,1-5H3,(H2,22,23,24);1H. The van der Waals surface area contributed by atoms with Crippen LogP contribution < -0.4 is 15.4 Å². The summed E-state index contributed by atoms with van der Waals surface area (Å²) in [5.74, 6) is 1.77. The van der Waals surface area contributed by atoms with E-state index in [1.807, 2.05) is 26.1 Å². The number of benzene rings is 1. The molecule has 3 rings (SSSR count). The summed E-state index contributed by atoms with van der Waals surface area (Å²) in [6.45, 7) is 10.1.